The third-order valence-electron chi connectivity index (χ3n) is 4.39. The van der Waals surface area contributed by atoms with E-state index in [2.05, 4.69) is 16.0 Å². The van der Waals surface area contributed by atoms with Gasteiger partial charge in [0.1, 0.15) is 5.82 Å². The fourth-order valence-corrected chi connectivity index (χ4v) is 2.99. The van der Waals surface area contributed by atoms with E-state index in [1.807, 2.05) is 45.0 Å². The maximum absolute atomic E-state index is 12.3. The lowest BCUT2D eigenvalue weighted by molar-refractivity contribution is 0.239. The molecule has 0 spiro atoms. The number of hydrogen-bond donors (Lipinski definition) is 1. The van der Waals surface area contributed by atoms with Crippen molar-refractivity contribution in [1.82, 2.24) is 14.9 Å². The minimum atomic E-state index is -0.191. The lowest BCUT2D eigenvalue weighted by Gasteiger charge is -2.29. The maximum Gasteiger partial charge on any atom is 0.254 e. The molecule has 2 heterocycles. The molecule has 5 nitrogen and oxygen atoms in total. The number of aromatic amines is 1. The highest BCUT2D eigenvalue weighted by Crippen LogP contribution is 2.22. The molecule has 0 radical (unpaired) electrons. The largest absolute Gasteiger partial charge is 0.310 e. The Labute approximate surface area is 142 Å². The standard InChI is InChI=1S/C19H22N4O/c1-19(2,3)18-21-16-12-23(9-8-15(16)17(24)22-18)11-14-7-5-4-6-13(14)10-20/h4-7H,8-9,11-12H2,1-3H3,(H,21,22,24). The zero-order chi connectivity index (χ0) is 17.3. The van der Waals surface area contributed by atoms with Crippen LogP contribution >= 0.6 is 0 Å². The second-order valence-corrected chi connectivity index (χ2v) is 7.32. The molecule has 0 aliphatic carbocycles. The Hall–Kier alpha value is -2.45. The van der Waals surface area contributed by atoms with E-state index in [1.165, 1.54) is 0 Å². The Morgan fingerprint density at radius 2 is 2.08 bits per heavy atom. The summed E-state index contributed by atoms with van der Waals surface area (Å²) in [6, 6.07) is 9.90. The Morgan fingerprint density at radius 1 is 1.33 bits per heavy atom. The van der Waals surface area contributed by atoms with E-state index < -0.39 is 0 Å². The van der Waals surface area contributed by atoms with Gasteiger partial charge in [0.15, 0.2) is 0 Å². The molecule has 0 amide bonds. The molecule has 3 rings (SSSR count). The van der Waals surface area contributed by atoms with E-state index in [0.717, 1.165) is 29.2 Å². The zero-order valence-corrected chi connectivity index (χ0v) is 14.4. The molecule has 124 valence electrons. The summed E-state index contributed by atoms with van der Waals surface area (Å²) in [6.45, 7) is 8.27. The highest BCUT2D eigenvalue weighted by atomic mass is 16.1. The molecule has 24 heavy (non-hydrogen) atoms. The van der Waals surface area contributed by atoms with Gasteiger partial charge < -0.3 is 4.98 Å². The molecule has 1 aromatic heterocycles. The third kappa shape index (κ3) is 3.24. The van der Waals surface area contributed by atoms with Crippen LogP contribution in [-0.2, 0) is 24.9 Å². The summed E-state index contributed by atoms with van der Waals surface area (Å²) < 4.78 is 0. The van der Waals surface area contributed by atoms with Crippen molar-refractivity contribution >= 4 is 0 Å². The van der Waals surface area contributed by atoms with Crippen LogP contribution in [0.15, 0.2) is 29.1 Å². The molecule has 1 aromatic carbocycles. The van der Waals surface area contributed by atoms with Gasteiger partial charge in [-0.25, -0.2) is 4.98 Å². The number of H-pyrrole nitrogens is 1. The topological polar surface area (TPSA) is 72.8 Å². The van der Waals surface area contributed by atoms with Crippen LogP contribution in [0, 0.1) is 11.3 Å². The molecular formula is C19H22N4O. The first-order valence-corrected chi connectivity index (χ1v) is 8.21. The van der Waals surface area contributed by atoms with Crippen LogP contribution in [0.5, 0.6) is 0 Å². The van der Waals surface area contributed by atoms with Crippen molar-refractivity contribution in [3.63, 3.8) is 0 Å². The van der Waals surface area contributed by atoms with Crippen molar-refractivity contribution in [2.75, 3.05) is 6.54 Å². The molecule has 0 bridgehead atoms. The number of benzene rings is 1. The molecule has 0 atom stereocenters. The second kappa shape index (κ2) is 6.21. The van der Waals surface area contributed by atoms with Gasteiger partial charge >= 0.3 is 0 Å². The number of nitrogens with one attached hydrogen (secondary N) is 1. The molecular weight excluding hydrogens is 300 g/mol. The third-order valence-corrected chi connectivity index (χ3v) is 4.39. The molecule has 5 heteroatoms. The van der Waals surface area contributed by atoms with Gasteiger partial charge in [-0.2, -0.15) is 5.26 Å². The lowest BCUT2D eigenvalue weighted by atomic mass is 9.94. The molecule has 0 saturated carbocycles. The average Bonchev–Trinajstić information content (AvgIpc) is 2.54. The number of nitriles is 1. The SMILES string of the molecule is CC(C)(C)c1nc2c(c(=O)[nH]1)CCN(Cc1ccccc1C#N)C2. The Bertz CT molecular complexity index is 855. The van der Waals surface area contributed by atoms with Crippen LogP contribution in [0.4, 0.5) is 0 Å². The minimum Gasteiger partial charge on any atom is -0.310 e. The van der Waals surface area contributed by atoms with Crippen molar-refractivity contribution in [3.05, 3.63) is 62.8 Å². The van der Waals surface area contributed by atoms with E-state index in [0.29, 0.717) is 25.1 Å². The smallest absolute Gasteiger partial charge is 0.254 e. The van der Waals surface area contributed by atoms with Crippen molar-refractivity contribution < 1.29 is 0 Å². The summed E-state index contributed by atoms with van der Waals surface area (Å²) >= 11 is 0. The normalized spacial score (nSPS) is 14.9. The van der Waals surface area contributed by atoms with E-state index in [-0.39, 0.29) is 11.0 Å². The maximum atomic E-state index is 12.3. The summed E-state index contributed by atoms with van der Waals surface area (Å²) in [7, 11) is 0. The van der Waals surface area contributed by atoms with Crippen molar-refractivity contribution in [1.29, 1.82) is 5.26 Å². The van der Waals surface area contributed by atoms with Crippen LogP contribution in [-0.4, -0.2) is 21.4 Å². The van der Waals surface area contributed by atoms with E-state index in [4.69, 9.17) is 4.98 Å². The minimum absolute atomic E-state index is 0.0120. The predicted molar refractivity (Wildman–Crippen MR) is 92.5 cm³/mol. The molecule has 0 fully saturated rings. The molecule has 2 aromatic rings. The Kier molecular flexibility index (Phi) is 4.25. The van der Waals surface area contributed by atoms with Gasteiger partial charge in [0, 0.05) is 30.6 Å². The van der Waals surface area contributed by atoms with Gasteiger partial charge in [-0.3, -0.25) is 9.69 Å². The van der Waals surface area contributed by atoms with Gasteiger partial charge in [0.25, 0.3) is 5.56 Å². The van der Waals surface area contributed by atoms with Gasteiger partial charge in [-0.05, 0) is 18.1 Å². The average molecular weight is 322 g/mol. The monoisotopic (exact) mass is 322 g/mol. The molecule has 0 saturated heterocycles. The summed E-state index contributed by atoms with van der Waals surface area (Å²) in [5, 5.41) is 9.24. The molecule has 1 aliphatic heterocycles. The lowest BCUT2D eigenvalue weighted by Crippen LogP contribution is -2.36. The van der Waals surface area contributed by atoms with Crippen LogP contribution in [0.3, 0.4) is 0 Å². The highest BCUT2D eigenvalue weighted by Gasteiger charge is 2.25. The first-order valence-electron chi connectivity index (χ1n) is 8.21. The van der Waals surface area contributed by atoms with Crippen LogP contribution in [0.2, 0.25) is 0 Å². The quantitative estimate of drug-likeness (QED) is 0.922. The van der Waals surface area contributed by atoms with Crippen LogP contribution < -0.4 is 5.56 Å². The summed E-state index contributed by atoms with van der Waals surface area (Å²) in [6.07, 6.45) is 0.691. The molecule has 1 N–H and O–H groups in total. The summed E-state index contributed by atoms with van der Waals surface area (Å²) in [5.74, 6) is 0.727. The van der Waals surface area contributed by atoms with E-state index >= 15 is 0 Å². The Morgan fingerprint density at radius 3 is 2.79 bits per heavy atom. The van der Waals surface area contributed by atoms with Crippen LogP contribution in [0.25, 0.3) is 0 Å². The zero-order valence-electron chi connectivity index (χ0n) is 14.4. The number of hydrogen-bond acceptors (Lipinski definition) is 4. The first kappa shape index (κ1) is 16.4. The summed E-state index contributed by atoms with van der Waals surface area (Å²) in [4.78, 5) is 22.2. The van der Waals surface area contributed by atoms with Gasteiger partial charge in [-0.1, -0.05) is 39.0 Å². The first-order chi connectivity index (χ1) is 11.4. The van der Waals surface area contributed by atoms with Crippen LogP contribution in [0.1, 0.15) is 49.0 Å². The van der Waals surface area contributed by atoms with Gasteiger partial charge in [-0.15, -0.1) is 0 Å². The number of nitrogens with zero attached hydrogens (tertiary/aromatic N) is 3. The summed E-state index contributed by atoms with van der Waals surface area (Å²) in [5.41, 5.74) is 3.19. The number of aromatic nitrogens is 2. The highest BCUT2D eigenvalue weighted by molar-refractivity contribution is 5.37. The molecule has 0 unspecified atom stereocenters. The fraction of sp³-hybridized carbons (Fsp3) is 0.421. The Balaban J connectivity index is 1.88. The van der Waals surface area contributed by atoms with E-state index in [9.17, 15) is 10.1 Å². The fourth-order valence-electron chi connectivity index (χ4n) is 2.99. The van der Waals surface area contributed by atoms with Crippen molar-refractivity contribution in [3.8, 4) is 6.07 Å². The van der Waals surface area contributed by atoms with Gasteiger partial charge in [0.05, 0.1) is 17.3 Å². The van der Waals surface area contributed by atoms with Gasteiger partial charge in [0.2, 0.25) is 0 Å². The van der Waals surface area contributed by atoms with E-state index in [1.54, 1.807) is 0 Å². The van der Waals surface area contributed by atoms with Crippen molar-refractivity contribution in [2.45, 2.75) is 45.7 Å². The van der Waals surface area contributed by atoms with Crippen molar-refractivity contribution in [2.24, 2.45) is 0 Å². The number of rotatable bonds is 2. The number of fused-ring (bicyclic) bond motifs is 1. The predicted octanol–water partition coefficient (Wildman–Crippen LogP) is 2.50. The molecule has 1 aliphatic rings. The second-order valence-electron chi connectivity index (χ2n) is 7.32.